The van der Waals surface area contributed by atoms with Gasteiger partial charge in [0.2, 0.25) is 17.6 Å². The maximum absolute atomic E-state index is 11.2. The maximum atomic E-state index is 11.2. The van der Waals surface area contributed by atoms with Gasteiger partial charge in [0, 0.05) is 13.0 Å². The summed E-state index contributed by atoms with van der Waals surface area (Å²) in [5.41, 5.74) is 5.16. The van der Waals surface area contributed by atoms with Gasteiger partial charge in [-0.3, -0.25) is 13.8 Å². The van der Waals surface area contributed by atoms with Crippen LogP contribution in [-0.2, 0) is 47.8 Å². The number of ether oxygens (including phenoxy) is 5. The highest BCUT2D eigenvalue weighted by atomic mass is 32.2. The number of likely N-dealkylation sites (tertiary alicyclic amines) is 1. The molecule has 4 fully saturated rings. The average Bonchev–Trinajstić information content (AvgIpc) is 3.32. The number of fused-ring (bicyclic) bond motifs is 3. The van der Waals surface area contributed by atoms with Crippen LogP contribution in [0, 0.1) is 0 Å². The molecule has 0 aliphatic carbocycles. The second-order valence-electron chi connectivity index (χ2n) is 9.57. The highest BCUT2D eigenvalue weighted by Gasteiger charge is 2.65. The molecule has 4 heterocycles. The van der Waals surface area contributed by atoms with E-state index in [0.29, 0.717) is 19.4 Å². The smallest absolute Gasteiger partial charge is 0.333 e. The van der Waals surface area contributed by atoms with E-state index >= 15 is 0 Å². The highest BCUT2D eigenvalue weighted by molar-refractivity contribution is 7.84. The van der Waals surface area contributed by atoms with E-state index in [4.69, 9.17) is 38.7 Å². The van der Waals surface area contributed by atoms with Crippen LogP contribution in [0.4, 0.5) is 0 Å². The summed E-state index contributed by atoms with van der Waals surface area (Å²) in [5, 5.41) is 4.89. The zero-order chi connectivity index (χ0) is 25.5. The lowest BCUT2D eigenvalue weighted by Gasteiger charge is -2.40. The molecule has 5 atom stereocenters. The summed E-state index contributed by atoms with van der Waals surface area (Å²) < 4.78 is 55.9. The van der Waals surface area contributed by atoms with E-state index < -0.39 is 52.4 Å². The summed E-state index contributed by atoms with van der Waals surface area (Å²) in [6.45, 7) is 9.25. The van der Waals surface area contributed by atoms with E-state index in [0.717, 1.165) is 6.42 Å². The van der Waals surface area contributed by atoms with Gasteiger partial charge in [-0.05, 0) is 40.5 Å². The molecule has 2 amide bonds. The van der Waals surface area contributed by atoms with Crippen LogP contribution in [0.3, 0.4) is 0 Å². The van der Waals surface area contributed by atoms with E-state index in [1.165, 1.54) is 0 Å². The highest BCUT2D eigenvalue weighted by Crippen LogP contribution is 2.47. The minimum absolute atomic E-state index is 0.0562. The van der Waals surface area contributed by atoms with Gasteiger partial charge in [-0.2, -0.15) is 8.42 Å². The first-order chi connectivity index (χ1) is 15.6. The minimum Gasteiger partial charge on any atom is -0.368 e. The zero-order valence-electron chi connectivity index (χ0n) is 20.1. The quantitative estimate of drug-likeness (QED) is 0.473. The molecule has 0 unspecified atom stereocenters. The van der Waals surface area contributed by atoms with Crippen molar-refractivity contribution in [2.45, 2.75) is 95.6 Å². The largest absolute Gasteiger partial charge is 0.368 e. The zero-order valence-corrected chi connectivity index (χ0v) is 21.0. The van der Waals surface area contributed by atoms with Gasteiger partial charge in [0.15, 0.2) is 11.6 Å². The van der Waals surface area contributed by atoms with Gasteiger partial charge in [0.05, 0.1) is 6.61 Å². The van der Waals surface area contributed by atoms with Gasteiger partial charge in [-0.25, -0.2) is 5.14 Å². The summed E-state index contributed by atoms with van der Waals surface area (Å²) in [7, 11) is -4.14. The lowest BCUT2D eigenvalue weighted by molar-refractivity contribution is -0.290. The number of carbonyl (C=O) groups is 2. The third kappa shape index (κ3) is 6.05. The third-order valence-corrected chi connectivity index (χ3v) is 6.35. The van der Waals surface area contributed by atoms with Crippen molar-refractivity contribution >= 4 is 22.1 Å². The van der Waals surface area contributed by atoms with Gasteiger partial charge in [-0.15, -0.1) is 0 Å². The molecule has 0 aromatic heterocycles. The lowest BCUT2D eigenvalue weighted by atomic mass is 9.98. The van der Waals surface area contributed by atoms with Gasteiger partial charge in [-0.1, -0.05) is 6.92 Å². The Balaban J connectivity index is 0.000000229. The molecule has 0 aromatic carbocycles. The summed E-state index contributed by atoms with van der Waals surface area (Å²) in [6.07, 6.45) is 0.521. The van der Waals surface area contributed by atoms with Crippen LogP contribution in [0.5, 0.6) is 0 Å². The number of nitrogens with two attached hydrogens (primary N) is 2. The second kappa shape index (κ2) is 9.58. The first-order valence-electron chi connectivity index (χ1n) is 11.2. The molecule has 0 spiro atoms. The lowest BCUT2D eigenvalue weighted by Crippen LogP contribution is -2.60. The van der Waals surface area contributed by atoms with Crippen LogP contribution in [-0.4, -0.2) is 86.6 Å². The van der Waals surface area contributed by atoms with Crippen LogP contribution in [0.15, 0.2) is 0 Å². The Bertz CT molecular complexity index is 895. The molecule has 4 aliphatic heterocycles. The Morgan fingerprint density at radius 3 is 2.41 bits per heavy atom. The molecule has 14 heteroatoms. The molecule has 13 nitrogen and oxygen atoms in total. The molecule has 34 heavy (non-hydrogen) atoms. The number of rotatable bonds is 6. The van der Waals surface area contributed by atoms with Crippen molar-refractivity contribution in [1.82, 2.24) is 4.90 Å². The maximum Gasteiger partial charge on any atom is 0.333 e. The normalized spacial score (nSPS) is 34.7. The van der Waals surface area contributed by atoms with Crippen LogP contribution >= 0.6 is 0 Å². The Kier molecular flexibility index (Phi) is 7.66. The first-order valence-corrected chi connectivity index (χ1v) is 12.7. The van der Waals surface area contributed by atoms with Gasteiger partial charge >= 0.3 is 10.3 Å². The van der Waals surface area contributed by atoms with Gasteiger partial charge in [0.1, 0.15) is 31.0 Å². The third-order valence-electron chi connectivity index (χ3n) is 5.90. The number of amides is 2. The Labute approximate surface area is 199 Å². The Morgan fingerprint density at radius 2 is 1.88 bits per heavy atom. The molecule has 0 saturated carbocycles. The predicted octanol–water partition coefficient (Wildman–Crippen LogP) is -0.523. The number of nitrogens with zero attached hydrogens (tertiary/aromatic N) is 1. The van der Waals surface area contributed by atoms with Crippen LogP contribution in [0.1, 0.15) is 53.9 Å². The van der Waals surface area contributed by atoms with Crippen LogP contribution < -0.4 is 10.9 Å². The molecule has 4 aliphatic rings. The Morgan fingerprint density at radius 1 is 1.21 bits per heavy atom. The van der Waals surface area contributed by atoms with E-state index in [1.807, 2.05) is 6.92 Å². The van der Waals surface area contributed by atoms with Crippen molar-refractivity contribution in [2.75, 3.05) is 19.8 Å². The van der Waals surface area contributed by atoms with Crippen molar-refractivity contribution in [3.8, 4) is 0 Å². The predicted molar refractivity (Wildman–Crippen MR) is 116 cm³/mol. The summed E-state index contributed by atoms with van der Waals surface area (Å²) >= 11 is 0. The van der Waals surface area contributed by atoms with E-state index in [-0.39, 0.29) is 24.7 Å². The number of hydrogen-bond acceptors (Lipinski definition) is 10. The monoisotopic (exact) mass is 509 g/mol. The van der Waals surface area contributed by atoms with Crippen molar-refractivity contribution in [3.05, 3.63) is 0 Å². The summed E-state index contributed by atoms with van der Waals surface area (Å²) in [4.78, 5) is 23.7. The average molecular weight is 510 g/mol. The molecule has 4 N–H and O–H groups in total. The SMILES string of the molecule is CC1(C)O[C@@H]2[C@@H](CO[C@@]3(COS(N)(=O)=O)OC(C)(C)O[C@@H]23)O1.CC[C@@H](C(N)=O)N1CCCC1=O. The van der Waals surface area contributed by atoms with Crippen LogP contribution in [0.25, 0.3) is 0 Å². The molecule has 4 rings (SSSR count). The molecule has 196 valence electrons. The van der Waals surface area contributed by atoms with Crippen molar-refractivity contribution in [2.24, 2.45) is 10.9 Å². The van der Waals surface area contributed by atoms with Crippen molar-refractivity contribution in [3.63, 3.8) is 0 Å². The summed E-state index contributed by atoms with van der Waals surface area (Å²) in [5.74, 6) is -3.53. The molecular weight excluding hydrogens is 474 g/mol. The Hall–Kier alpha value is -1.39. The molecule has 4 saturated heterocycles. The van der Waals surface area contributed by atoms with Crippen molar-refractivity contribution < 1.29 is 45.9 Å². The molecule has 0 bridgehead atoms. The molecule has 0 radical (unpaired) electrons. The summed E-state index contributed by atoms with van der Waals surface area (Å²) in [6, 6.07) is -0.389. The number of hydrogen-bond donors (Lipinski definition) is 2. The van der Waals surface area contributed by atoms with Gasteiger partial charge in [0.25, 0.3) is 0 Å². The second-order valence-corrected chi connectivity index (χ2v) is 10.8. The minimum atomic E-state index is -4.14. The molecule has 0 aromatic rings. The van der Waals surface area contributed by atoms with E-state index in [9.17, 15) is 18.0 Å². The fraction of sp³-hybridized carbons (Fsp3) is 0.900. The fourth-order valence-corrected chi connectivity index (χ4v) is 5.01. The molecular formula is C20H35N3O10S. The topological polar surface area (TPSA) is 179 Å². The van der Waals surface area contributed by atoms with E-state index in [1.54, 1.807) is 32.6 Å². The van der Waals surface area contributed by atoms with Crippen molar-refractivity contribution in [1.29, 1.82) is 0 Å². The van der Waals surface area contributed by atoms with E-state index in [2.05, 4.69) is 0 Å². The number of primary amides is 1. The van der Waals surface area contributed by atoms with Crippen LogP contribution in [0.2, 0.25) is 0 Å². The first kappa shape index (κ1) is 27.2. The number of carbonyl (C=O) groups excluding carboxylic acids is 2. The fourth-order valence-electron chi connectivity index (χ4n) is 4.69. The standard InChI is InChI=1S/C12H21NO8S.C8H14N2O2/c1-10(2)18-7-5-16-12(6-17-22(13,14)15)9(8(7)19-10)20-11(3,4)21-12;1-2-6(8(9)12)10-5-3-4-7(10)11/h7-9H,5-6H2,1-4H3,(H2,13,14,15);6H,2-5H2,1H3,(H2,9,12)/t7-,8-,9+,12+;6-/m10/s1. The van der Waals surface area contributed by atoms with Gasteiger partial charge < -0.3 is 34.3 Å².